The first-order valence-electron chi connectivity index (χ1n) is 9.16. The SMILES string of the molecule is COc1ccccc1N1CC[NH+]([C@H](C)C(=O)Nc2ccccc2C#N)CC1. The second kappa shape index (κ2) is 8.56. The first kappa shape index (κ1) is 18.7. The molecule has 0 unspecified atom stereocenters. The van der Waals surface area contributed by atoms with Crippen molar-refractivity contribution in [1.82, 2.24) is 0 Å². The van der Waals surface area contributed by atoms with Crippen LogP contribution in [0.3, 0.4) is 0 Å². The van der Waals surface area contributed by atoms with E-state index >= 15 is 0 Å². The summed E-state index contributed by atoms with van der Waals surface area (Å²) in [5.74, 6) is 0.818. The monoisotopic (exact) mass is 365 g/mol. The van der Waals surface area contributed by atoms with Gasteiger partial charge >= 0.3 is 0 Å². The molecule has 0 radical (unpaired) electrons. The van der Waals surface area contributed by atoms with Crippen LogP contribution in [0, 0.1) is 11.3 Å². The lowest BCUT2D eigenvalue weighted by molar-refractivity contribution is -0.914. The van der Waals surface area contributed by atoms with Crippen molar-refractivity contribution in [2.75, 3.05) is 43.5 Å². The van der Waals surface area contributed by atoms with Gasteiger partial charge in [0.05, 0.1) is 50.2 Å². The third kappa shape index (κ3) is 4.21. The Balaban J connectivity index is 1.60. The third-order valence-electron chi connectivity index (χ3n) is 5.14. The van der Waals surface area contributed by atoms with Crippen molar-refractivity contribution in [2.24, 2.45) is 0 Å². The van der Waals surface area contributed by atoms with Crippen molar-refractivity contribution in [3.63, 3.8) is 0 Å². The number of rotatable bonds is 5. The molecule has 1 heterocycles. The predicted octanol–water partition coefficient (Wildman–Crippen LogP) is 1.30. The first-order valence-corrected chi connectivity index (χ1v) is 9.16. The van der Waals surface area contributed by atoms with Gasteiger partial charge in [0.25, 0.3) is 5.91 Å². The molecule has 2 N–H and O–H groups in total. The number of nitrogens with zero attached hydrogens (tertiary/aromatic N) is 2. The van der Waals surface area contributed by atoms with E-state index < -0.39 is 0 Å². The van der Waals surface area contributed by atoms with Gasteiger partial charge in [0, 0.05) is 0 Å². The Hall–Kier alpha value is -3.04. The van der Waals surface area contributed by atoms with Crippen LogP contribution >= 0.6 is 0 Å². The van der Waals surface area contributed by atoms with Crippen molar-refractivity contribution in [3.8, 4) is 11.8 Å². The standard InChI is InChI=1S/C21H24N4O2/c1-16(21(26)23-18-8-4-3-7-17(18)15-22)24-11-13-25(14-12-24)19-9-5-6-10-20(19)27-2/h3-10,16H,11-14H2,1-2H3,(H,23,26)/p+1/t16-/m1/s1. The maximum atomic E-state index is 12.7. The molecule has 1 fully saturated rings. The molecule has 2 aromatic rings. The van der Waals surface area contributed by atoms with Crippen LogP contribution in [-0.4, -0.2) is 45.2 Å². The number of methoxy groups -OCH3 is 1. The van der Waals surface area contributed by atoms with Crippen molar-refractivity contribution >= 4 is 17.3 Å². The van der Waals surface area contributed by atoms with E-state index in [1.54, 1.807) is 25.3 Å². The number of amides is 1. The number of nitriles is 1. The molecule has 2 aromatic carbocycles. The highest BCUT2D eigenvalue weighted by molar-refractivity contribution is 5.94. The number of nitrogens with one attached hydrogen (secondary N) is 2. The third-order valence-corrected chi connectivity index (χ3v) is 5.14. The molecule has 1 saturated heterocycles. The fourth-order valence-electron chi connectivity index (χ4n) is 3.47. The zero-order valence-corrected chi connectivity index (χ0v) is 15.7. The molecule has 0 saturated carbocycles. The Bertz CT molecular complexity index is 838. The van der Waals surface area contributed by atoms with E-state index in [1.807, 2.05) is 31.2 Å². The first-order chi connectivity index (χ1) is 13.1. The van der Waals surface area contributed by atoms with Gasteiger partial charge in [-0.25, -0.2) is 0 Å². The molecule has 140 valence electrons. The molecule has 1 amide bonds. The number of ether oxygens (including phenoxy) is 1. The van der Waals surface area contributed by atoms with Gasteiger partial charge < -0.3 is 19.9 Å². The number of hydrogen-bond donors (Lipinski definition) is 2. The zero-order valence-electron chi connectivity index (χ0n) is 15.7. The highest BCUT2D eigenvalue weighted by atomic mass is 16.5. The summed E-state index contributed by atoms with van der Waals surface area (Å²) in [4.78, 5) is 16.2. The number of piperazine rings is 1. The number of para-hydroxylation sites is 3. The average molecular weight is 365 g/mol. The largest absolute Gasteiger partial charge is 0.495 e. The Morgan fingerprint density at radius 1 is 1.19 bits per heavy atom. The smallest absolute Gasteiger partial charge is 0.282 e. The number of anilines is 2. The van der Waals surface area contributed by atoms with Crippen molar-refractivity contribution < 1.29 is 14.4 Å². The number of carbonyl (C=O) groups is 1. The molecule has 0 aliphatic carbocycles. The van der Waals surface area contributed by atoms with E-state index in [-0.39, 0.29) is 11.9 Å². The fourth-order valence-corrected chi connectivity index (χ4v) is 3.47. The molecule has 0 spiro atoms. The van der Waals surface area contributed by atoms with Crippen LogP contribution in [0.15, 0.2) is 48.5 Å². The minimum absolute atomic E-state index is 0.0570. The summed E-state index contributed by atoms with van der Waals surface area (Å²) in [6, 6.07) is 17.0. The average Bonchev–Trinajstić information content (AvgIpc) is 2.73. The van der Waals surface area contributed by atoms with Crippen LogP contribution in [0.5, 0.6) is 5.75 Å². The highest BCUT2D eigenvalue weighted by Crippen LogP contribution is 2.27. The number of quaternary nitrogens is 1. The molecule has 1 aliphatic heterocycles. The molecule has 0 aromatic heterocycles. The number of benzene rings is 2. The molecule has 27 heavy (non-hydrogen) atoms. The zero-order chi connectivity index (χ0) is 19.2. The van der Waals surface area contributed by atoms with Gasteiger partial charge in [-0.2, -0.15) is 5.26 Å². The maximum Gasteiger partial charge on any atom is 0.282 e. The van der Waals surface area contributed by atoms with Crippen LogP contribution in [-0.2, 0) is 4.79 Å². The minimum atomic E-state index is -0.184. The maximum absolute atomic E-state index is 12.7. The van der Waals surface area contributed by atoms with Crippen molar-refractivity contribution in [2.45, 2.75) is 13.0 Å². The van der Waals surface area contributed by atoms with E-state index in [4.69, 9.17) is 4.74 Å². The molecule has 3 rings (SSSR count). The van der Waals surface area contributed by atoms with Gasteiger partial charge in [0.2, 0.25) is 0 Å². The molecular weight excluding hydrogens is 340 g/mol. The Morgan fingerprint density at radius 3 is 2.56 bits per heavy atom. The summed E-state index contributed by atoms with van der Waals surface area (Å²) in [6.07, 6.45) is 0. The summed E-state index contributed by atoms with van der Waals surface area (Å²) in [5.41, 5.74) is 2.15. The summed E-state index contributed by atoms with van der Waals surface area (Å²) >= 11 is 0. The summed E-state index contributed by atoms with van der Waals surface area (Å²) < 4.78 is 5.46. The Kier molecular flexibility index (Phi) is 5.94. The Morgan fingerprint density at radius 2 is 1.85 bits per heavy atom. The van der Waals surface area contributed by atoms with Gasteiger partial charge in [0.15, 0.2) is 6.04 Å². The lowest BCUT2D eigenvalue weighted by Crippen LogP contribution is -3.19. The second-order valence-corrected chi connectivity index (χ2v) is 6.69. The normalized spacial score (nSPS) is 15.7. The van der Waals surface area contributed by atoms with Gasteiger partial charge in [-0.3, -0.25) is 4.79 Å². The van der Waals surface area contributed by atoms with Gasteiger partial charge in [-0.1, -0.05) is 24.3 Å². The minimum Gasteiger partial charge on any atom is -0.495 e. The Labute approximate surface area is 160 Å². The summed E-state index contributed by atoms with van der Waals surface area (Å²) in [6.45, 7) is 5.40. The lowest BCUT2D eigenvalue weighted by atomic mass is 10.1. The van der Waals surface area contributed by atoms with Crippen LogP contribution < -0.4 is 19.9 Å². The summed E-state index contributed by atoms with van der Waals surface area (Å²) in [7, 11) is 1.69. The van der Waals surface area contributed by atoms with E-state index in [0.717, 1.165) is 37.6 Å². The van der Waals surface area contributed by atoms with Crippen molar-refractivity contribution in [1.29, 1.82) is 5.26 Å². The van der Waals surface area contributed by atoms with Gasteiger partial charge in [0.1, 0.15) is 11.8 Å². The van der Waals surface area contributed by atoms with Crippen molar-refractivity contribution in [3.05, 3.63) is 54.1 Å². The van der Waals surface area contributed by atoms with Crippen LogP contribution in [0.4, 0.5) is 11.4 Å². The topological polar surface area (TPSA) is 69.8 Å². The van der Waals surface area contributed by atoms with E-state index in [9.17, 15) is 10.1 Å². The number of hydrogen-bond acceptors (Lipinski definition) is 4. The van der Waals surface area contributed by atoms with E-state index in [1.165, 1.54) is 4.90 Å². The van der Waals surface area contributed by atoms with Crippen LogP contribution in [0.25, 0.3) is 0 Å². The summed E-state index contributed by atoms with van der Waals surface area (Å²) in [5, 5.41) is 12.1. The second-order valence-electron chi connectivity index (χ2n) is 6.69. The molecule has 1 aliphatic rings. The molecule has 6 heteroatoms. The van der Waals surface area contributed by atoms with Crippen LogP contribution in [0.2, 0.25) is 0 Å². The predicted molar refractivity (Wildman–Crippen MR) is 105 cm³/mol. The van der Waals surface area contributed by atoms with E-state index in [0.29, 0.717) is 11.3 Å². The van der Waals surface area contributed by atoms with Gasteiger partial charge in [-0.15, -0.1) is 0 Å². The quantitative estimate of drug-likeness (QED) is 0.838. The molecule has 6 nitrogen and oxygen atoms in total. The molecule has 0 bridgehead atoms. The lowest BCUT2D eigenvalue weighted by Gasteiger charge is -2.36. The van der Waals surface area contributed by atoms with Gasteiger partial charge in [-0.05, 0) is 31.2 Å². The van der Waals surface area contributed by atoms with Crippen LogP contribution in [0.1, 0.15) is 12.5 Å². The molecule has 1 atom stereocenters. The highest BCUT2D eigenvalue weighted by Gasteiger charge is 2.30. The fraction of sp³-hybridized carbons (Fsp3) is 0.333. The number of carbonyl (C=O) groups excluding carboxylic acids is 1. The molecular formula is C21H25N4O2+. The van der Waals surface area contributed by atoms with E-state index in [2.05, 4.69) is 22.4 Å².